The van der Waals surface area contributed by atoms with E-state index in [-0.39, 0.29) is 11.8 Å². The Bertz CT molecular complexity index is 829. The van der Waals surface area contributed by atoms with Crippen molar-refractivity contribution in [2.24, 2.45) is 0 Å². The number of hydrogen-bond donors (Lipinski definition) is 2. The van der Waals surface area contributed by atoms with Crippen LogP contribution < -0.4 is 5.32 Å². The van der Waals surface area contributed by atoms with E-state index in [0.717, 1.165) is 11.3 Å². The third kappa shape index (κ3) is 4.38. The molecule has 0 atom stereocenters. The minimum absolute atomic E-state index is 0.185. The lowest BCUT2D eigenvalue weighted by Gasteiger charge is -2.18. The largest absolute Gasteiger partial charge is 0.508 e. The highest BCUT2D eigenvalue weighted by Gasteiger charge is 2.11. The first-order valence-corrected chi connectivity index (χ1v) is 7.97. The summed E-state index contributed by atoms with van der Waals surface area (Å²) in [6, 6.07) is 16.3. The molecule has 0 aliphatic rings. The lowest BCUT2D eigenvalue weighted by Crippen LogP contribution is -2.30. The van der Waals surface area contributed by atoms with Crippen molar-refractivity contribution < 1.29 is 9.90 Å². The van der Waals surface area contributed by atoms with Gasteiger partial charge in [0, 0.05) is 30.7 Å². The summed E-state index contributed by atoms with van der Waals surface area (Å²) in [6.45, 7) is 1.02. The molecule has 2 N–H and O–H groups in total. The topological polar surface area (TPSA) is 70.4 Å². The normalized spacial score (nSPS) is 10.4. The molecule has 0 spiro atoms. The Hall–Kier alpha value is -3.28. The highest BCUT2D eigenvalue weighted by molar-refractivity contribution is 5.89. The van der Waals surface area contributed by atoms with Crippen molar-refractivity contribution in [3.8, 4) is 5.75 Å². The van der Waals surface area contributed by atoms with Gasteiger partial charge in [0.2, 0.25) is 0 Å². The number of nitrogens with one attached hydrogen (secondary N) is 1. The Morgan fingerprint density at radius 1 is 1.16 bits per heavy atom. The van der Waals surface area contributed by atoms with E-state index in [0.29, 0.717) is 18.7 Å². The van der Waals surface area contributed by atoms with Crippen molar-refractivity contribution in [3.63, 3.8) is 0 Å². The summed E-state index contributed by atoms with van der Waals surface area (Å²) < 4.78 is 1.84. The number of anilines is 1. The molecule has 128 valence electrons. The van der Waals surface area contributed by atoms with E-state index in [1.165, 1.54) is 4.90 Å². The smallest absolute Gasteiger partial charge is 0.321 e. The molecule has 0 bridgehead atoms. The van der Waals surface area contributed by atoms with Gasteiger partial charge in [-0.05, 0) is 29.8 Å². The van der Waals surface area contributed by atoms with Crippen LogP contribution in [0.15, 0.2) is 67.0 Å². The maximum Gasteiger partial charge on any atom is 0.321 e. The van der Waals surface area contributed by atoms with Crippen LogP contribution in [-0.4, -0.2) is 32.9 Å². The summed E-state index contributed by atoms with van der Waals surface area (Å²) >= 11 is 0. The summed E-state index contributed by atoms with van der Waals surface area (Å²) in [7, 11) is 1.69. The van der Waals surface area contributed by atoms with E-state index in [1.807, 2.05) is 47.3 Å². The minimum Gasteiger partial charge on any atom is -0.508 e. The molecule has 0 aliphatic carbocycles. The lowest BCUT2D eigenvalue weighted by atomic mass is 10.2. The van der Waals surface area contributed by atoms with Gasteiger partial charge in [-0.3, -0.25) is 4.68 Å². The van der Waals surface area contributed by atoms with Crippen LogP contribution in [0.5, 0.6) is 5.75 Å². The number of carbonyl (C=O) groups excluding carboxylic acids is 1. The highest BCUT2D eigenvalue weighted by atomic mass is 16.3. The van der Waals surface area contributed by atoms with Crippen molar-refractivity contribution in [1.29, 1.82) is 0 Å². The fourth-order valence-electron chi connectivity index (χ4n) is 2.47. The molecule has 0 fully saturated rings. The zero-order chi connectivity index (χ0) is 17.6. The Morgan fingerprint density at radius 2 is 1.92 bits per heavy atom. The first kappa shape index (κ1) is 16.6. The molecule has 6 heteroatoms. The van der Waals surface area contributed by atoms with Gasteiger partial charge < -0.3 is 15.3 Å². The van der Waals surface area contributed by atoms with Crippen molar-refractivity contribution in [1.82, 2.24) is 14.7 Å². The van der Waals surface area contributed by atoms with Crippen molar-refractivity contribution >= 4 is 11.7 Å². The van der Waals surface area contributed by atoms with E-state index in [9.17, 15) is 9.90 Å². The third-order valence-electron chi connectivity index (χ3n) is 3.85. The van der Waals surface area contributed by atoms with Gasteiger partial charge in [-0.1, -0.05) is 30.3 Å². The second kappa shape index (κ2) is 7.53. The first-order valence-electron chi connectivity index (χ1n) is 7.97. The molecule has 1 aromatic heterocycles. The number of rotatable bonds is 5. The summed E-state index contributed by atoms with van der Waals surface area (Å²) in [4.78, 5) is 13.8. The average molecular weight is 336 g/mol. The van der Waals surface area contributed by atoms with Crippen LogP contribution in [0.2, 0.25) is 0 Å². The van der Waals surface area contributed by atoms with Crippen LogP contribution in [0.4, 0.5) is 10.5 Å². The van der Waals surface area contributed by atoms with Crippen molar-refractivity contribution in [3.05, 3.63) is 78.1 Å². The Labute approximate surface area is 146 Å². The van der Waals surface area contributed by atoms with E-state index in [2.05, 4.69) is 10.4 Å². The molecule has 3 rings (SSSR count). The summed E-state index contributed by atoms with van der Waals surface area (Å²) in [5, 5.41) is 16.8. The molecule has 1 heterocycles. The SMILES string of the molecule is CN(Cc1ccccc1O)C(=O)Nc1ccc(Cn2cccn2)cc1. The molecule has 0 unspecified atom stereocenters. The highest BCUT2D eigenvalue weighted by Crippen LogP contribution is 2.18. The quantitative estimate of drug-likeness (QED) is 0.751. The maximum absolute atomic E-state index is 12.3. The number of carbonyl (C=O) groups is 1. The fraction of sp³-hybridized carbons (Fsp3) is 0.158. The number of urea groups is 1. The van der Waals surface area contributed by atoms with Gasteiger partial charge in [-0.25, -0.2) is 4.79 Å². The van der Waals surface area contributed by atoms with Gasteiger partial charge in [0.25, 0.3) is 0 Å². The van der Waals surface area contributed by atoms with Crippen LogP contribution in [0.3, 0.4) is 0 Å². The minimum atomic E-state index is -0.233. The van der Waals surface area contributed by atoms with Crippen LogP contribution >= 0.6 is 0 Å². The molecule has 2 amide bonds. The number of phenolic OH excluding ortho intramolecular Hbond substituents is 1. The van der Waals surface area contributed by atoms with E-state index in [1.54, 1.807) is 31.4 Å². The molecule has 0 saturated carbocycles. The molecule has 25 heavy (non-hydrogen) atoms. The van der Waals surface area contributed by atoms with Gasteiger partial charge in [-0.2, -0.15) is 5.10 Å². The number of phenols is 1. The van der Waals surface area contributed by atoms with E-state index >= 15 is 0 Å². The number of nitrogens with zero attached hydrogens (tertiary/aromatic N) is 3. The Kier molecular flexibility index (Phi) is 4.99. The summed E-state index contributed by atoms with van der Waals surface area (Å²) in [5.41, 5.74) is 2.53. The van der Waals surface area contributed by atoms with Gasteiger partial charge in [0.1, 0.15) is 5.75 Å². The number of amides is 2. The number of aromatic hydroxyl groups is 1. The molecule has 0 radical (unpaired) electrons. The van der Waals surface area contributed by atoms with Gasteiger partial charge >= 0.3 is 6.03 Å². The zero-order valence-corrected chi connectivity index (χ0v) is 14.0. The Morgan fingerprint density at radius 3 is 2.60 bits per heavy atom. The molecule has 6 nitrogen and oxygen atoms in total. The fourth-order valence-corrected chi connectivity index (χ4v) is 2.47. The van der Waals surface area contributed by atoms with Crippen molar-refractivity contribution in [2.75, 3.05) is 12.4 Å². The van der Waals surface area contributed by atoms with Gasteiger partial charge in [0.15, 0.2) is 0 Å². The second-order valence-electron chi connectivity index (χ2n) is 5.82. The third-order valence-corrected chi connectivity index (χ3v) is 3.85. The number of hydrogen-bond acceptors (Lipinski definition) is 3. The number of benzene rings is 2. The molecular weight excluding hydrogens is 316 g/mol. The number of para-hydroxylation sites is 1. The maximum atomic E-state index is 12.3. The van der Waals surface area contributed by atoms with Gasteiger partial charge in [0.05, 0.1) is 13.1 Å². The predicted molar refractivity (Wildman–Crippen MR) is 96.4 cm³/mol. The molecule has 2 aromatic carbocycles. The van der Waals surface area contributed by atoms with E-state index < -0.39 is 0 Å². The summed E-state index contributed by atoms with van der Waals surface area (Å²) in [6.07, 6.45) is 3.65. The predicted octanol–water partition coefficient (Wildman–Crippen LogP) is 3.30. The van der Waals surface area contributed by atoms with E-state index in [4.69, 9.17) is 0 Å². The van der Waals surface area contributed by atoms with Crippen LogP contribution in [-0.2, 0) is 13.1 Å². The zero-order valence-electron chi connectivity index (χ0n) is 14.0. The summed E-state index contributed by atoms with van der Waals surface area (Å²) in [5.74, 6) is 0.185. The lowest BCUT2D eigenvalue weighted by molar-refractivity contribution is 0.220. The van der Waals surface area contributed by atoms with Crippen LogP contribution in [0.1, 0.15) is 11.1 Å². The molecular formula is C19H20N4O2. The second-order valence-corrected chi connectivity index (χ2v) is 5.82. The van der Waals surface area contributed by atoms with Crippen molar-refractivity contribution in [2.45, 2.75) is 13.1 Å². The standard InChI is InChI=1S/C19H20N4O2/c1-22(14-16-5-2-3-6-18(16)24)19(25)21-17-9-7-15(8-10-17)13-23-12-4-11-20-23/h2-12,24H,13-14H2,1H3,(H,21,25). The van der Waals surface area contributed by atoms with Crippen LogP contribution in [0, 0.1) is 0 Å². The monoisotopic (exact) mass is 336 g/mol. The average Bonchev–Trinajstić information content (AvgIpc) is 3.11. The molecule has 3 aromatic rings. The Balaban J connectivity index is 1.57. The first-order chi connectivity index (χ1) is 12.1. The molecule has 0 saturated heterocycles. The van der Waals surface area contributed by atoms with Crippen LogP contribution in [0.25, 0.3) is 0 Å². The molecule has 0 aliphatic heterocycles. The number of aromatic nitrogens is 2. The van der Waals surface area contributed by atoms with Gasteiger partial charge in [-0.15, -0.1) is 0 Å².